The zero-order valence-electron chi connectivity index (χ0n) is 13.8. The van der Waals surface area contributed by atoms with Crippen LogP contribution in [0.15, 0.2) is 30.3 Å². The smallest absolute Gasteiger partial charge is 0.282 e. The number of methoxy groups -OCH3 is 1. The Balaban J connectivity index is 1.65. The molecule has 1 aromatic carbocycles. The minimum absolute atomic E-state index is 0.0861. The summed E-state index contributed by atoms with van der Waals surface area (Å²) in [5, 5.41) is 0. The van der Waals surface area contributed by atoms with Crippen LogP contribution in [-0.2, 0) is 21.5 Å². The van der Waals surface area contributed by atoms with E-state index < -0.39 is 10.2 Å². The summed E-state index contributed by atoms with van der Waals surface area (Å²) in [6, 6.07) is 9.79. The zero-order chi connectivity index (χ0) is 16.3. The van der Waals surface area contributed by atoms with E-state index in [2.05, 4.69) is 0 Å². The second-order valence-corrected chi connectivity index (χ2v) is 8.50. The van der Waals surface area contributed by atoms with Gasteiger partial charge in [-0.25, -0.2) is 0 Å². The van der Waals surface area contributed by atoms with Crippen molar-refractivity contribution in [3.63, 3.8) is 0 Å². The fraction of sp³-hybridized carbons (Fsp3) is 0.647. The molecule has 0 spiro atoms. The van der Waals surface area contributed by atoms with Crippen molar-refractivity contribution in [2.45, 2.75) is 44.2 Å². The molecule has 3 rings (SSSR count). The molecular formula is C17H26N2O3S. The Kier molecular flexibility index (Phi) is 5.06. The molecule has 2 aliphatic rings. The van der Waals surface area contributed by atoms with E-state index in [4.69, 9.17) is 4.74 Å². The van der Waals surface area contributed by atoms with E-state index in [1.807, 2.05) is 30.3 Å². The van der Waals surface area contributed by atoms with Gasteiger partial charge >= 0.3 is 0 Å². The van der Waals surface area contributed by atoms with Gasteiger partial charge in [-0.1, -0.05) is 30.3 Å². The molecule has 1 saturated heterocycles. The Morgan fingerprint density at radius 1 is 1.09 bits per heavy atom. The summed E-state index contributed by atoms with van der Waals surface area (Å²) < 4.78 is 34.5. The lowest BCUT2D eigenvalue weighted by molar-refractivity contribution is -0.0796. The Morgan fingerprint density at radius 2 is 1.78 bits per heavy atom. The lowest BCUT2D eigenvalue weighted by atomic mass is 9.77. The van der Waals surface area contributed by atoms with Crippen LogP contribution in [0.4, 0.5) is 0 Å². The van der Waals surface area contributed by atoms with E-state index in [0.717, 1.165) is 31.2 Å². The van der Waals surface area contributed by atoms with Gasteiger partial charge in [0.15, 0.2) is 0 Å². The minimum atomic E-state index is -3.37. The number of nitrogens with zero attached hydrogens (tertiary/aromatic N) is 2. The summed E-state index contributed by atoms with van der Waals surface area (Å²) in [7, 11) is -1.62. The standard InChI is InChI=1S/C17H26N2O3S/c1-22-17(9-5-10-17)11-14-18-12-6-13-19(23(18,20)21)15-16-7-3-2-4-8-16/h2-4,7-8H,5-6,9-15H2,1H3. The summed E-state index contributed by atoms with van der Waals surface area (Å²) in [4.78, 5) is 0. The SMILES string of the molecule is COC1(CCN2CCCN(Cc3ccccc3)S2(=O)=O)CCC1. The number of hydrogen-bond donors (Lipinski definition) is 0. The highest BCUT2D eigenvalue weighted by Gasteiger charge is 2.40. The maximum Gasteiger partial charge on any atom is 0.282 e. The zero-order valence-corrected chi connectivity index (χ0v) is 14.6. The minimum Gasteiger partial charge on any atom is -0.378 e. The molecule has 128 valence electrons. The maximum atomic E-state index is 12.8. The Bertz CT molecular complexity index is 608. The topological polar surface area (TPSA) is 49.9 Å². The van der Waals surface area contributed by atoms with Gasteiger partial charge < -0.3 is 4.74 Å². The van der Waals surface area contributed by atoms with Crippen LogP contribution in [0.5, 0.6) is 0 Å². The average Bonchev–Trinajstić information content (AvgIpc) is 2.51. The molecule has 0 radical (unpaired) electrons. The summed E-state index contributed by atoms with van der Waals surface area (Å²) in [5.41, 5.74) is 0.947. The summed E-state index contributed by atoms with van der Waals surface area (Å²) in [5.74, 6) is 0. The Hall–Kier alpha value is -0.950. The third kappa shape index (κ3) is 3.60. The molecule has 23 heavy (non-hydrogen) atoms. The molecule has 0 aromatic heterocycles. The summed E-state index contributed by atoms with van der Waals surface area (Å²) in [6.07, 6.45) is 4.95. The predicted octanol–water partition coefficient (Wildman–Crippen LogP) is 2.40. The monoisotopic (exact) mass is 338 g/mol. The van der Waals surface area contributed by atoms with Gasteiger partial charge in [0.1, 0.15) is 0 Å². The highest BCUT2D eigenvalue weighted by atomic mass is 32.2. The van der Waals surface area contributed by atoms with Crippen LogP contribution in [0.25, 0.3) is 0 Å². The molecule has 0 N–H and O–H groups in total. The van der Waals surface area contributed by atoms with Gasteiger partial charge in [0.05, 0.1) is 5.60 Å². The first kappa shape index (κ1) is 16.9. The van der Waals surface area contributed by atoms with Crippen molar-refractivity contribution >= 4 is 10.2 Å². The summed E-state index contributed by atoms with van der Waals surface area (Å²) in [6.45, 7) is 2.23. The van der Waals surface area contributed by atoms with Gasteiger partial charge in [-0.3, -0.25) is 0 Å². The highest BCUT2D eigenvalue weighted by molar-refractivity contribution is 7.86. The second kappa shape index (κ2) is 6.89. The van der Waals surface area contributed by atoms with Crippen molar-refractivity contribution in [1.82, 2.24) is 8.61 Å². The average molecular weight is 338 g/mol. The first-order chi connectivity index (χ1) is 11.1. The number of hydrogen-bond acceptors (Lipinski definition) is 3. The second-order valence-electron chi connectivity index (χ2n) is 6.57. The van der Waals surface area contributed by atoms with Crippen molar-refractivity contribution in [1.29, 1.82) is 0 Å². The molecule has 2 fully saturated rings. The third-order valence-corrected chi connectivity index (χ3v) is 7.17. The van der Waals surface area contributed by atoms with Gasteiger partial charge in [-0.05, 0) is 37.7 Å². The van der Waals surface area contributed by atoms with Gasteiger partial charge in [-0.2, -0.15) is 17.0 Å². The van der Waals surface area contributed by atoms with E-state index in [9.17, 15) is 8.42 Å². The van der Waals surface area contributed by atoms with E-state index in [0.29, 0.717) is 26.2 Å². The normalized spacial score (nSPS) is 24.2. The Labute approximate surface area is 139 Å². The van der Waals surface area contributed by atoms with Crippen molar-refractivity contribution < 1.29 is 13.2 Å². The third-order valence-electron chi connectivity index (χ3n) is 5.18. The lowest BCUT2D eigenvalue weighted by Gasteiger charge is -2.42. The predicted molar refractivity (Wildman–Crippen MR) is 90.2 cm³/mol. The first-order valence-electron chi connectivity index (χ1n) is 8.40. The highest BCUT2D eigenvalue weighted by Crippen LogP contribution is 2.38. The van der Waals surface area contributed by atoms with Crippen LogP contribution >= 0.6 is 0 Å². The van der Waals surface area contributed by atoms with Crippen LogP contribution in [0.3, 0.4) is 0 Å². The molecule has 1 aromatic rings. The first-order valence-corrected chi connectivity index (χ1v) is 9.80. The molecule has 5 nitrogen and oxygen atoms in total. The van der Waals surface area contributed by atoms with E-state index >= 15 is 0 Å². The summed E-state index contributed by atoms with van der Waals surface area (Å²) >= 11 is 0. The molecule has 0 bridgehead atoms. The fourth-order valence-electron chi connectivity index (χ4n) is 3.45. The van der Waals surface area contributed by atoms with Gasteiger partial charge in [-0.15, -0.1) is 0 Å². The van der Waals surface area contributed by atoms with Crippen molar-refractivity contribution in [3.05, 3.63) is 35.9 Å². The maximum absolute atomic E-state index is 12.8. The van der Waals surface area contributed by atoms with Crippen molar-refractivity contribution in [2.75, 3.05) is 26.7 Å². The molecule has 1 saturated carbocycles. The molecular weight excluding hydrogens is 312 g/mol. The van der Waals surface area contributed by atoms with E-state index in [-0.39, 0.29) is 5.60 Å². The molecule has 0 unspecified atom stereocenters. The number of rotatable bonds is 6. The molecule has 1 aliphatic heterocycles. The van der Waals surface area contributed by atoms with Gasteiger partial charge in [0.25, 0.3) is 10.2 Å². The van der Waals surface area contributed by atoms with Crippen LogP contribution in [0, 0.1) is 0 Å². The number of ether oxygens (including phenoxy) is 1. The van der Waals surface area contributed by atoms with Crippen LogP contribution in [-0.4, -0.2) is 49.4 Å². The van der Waals surface area contributed by atoms with Crippen LogP contribution < -0.4 is 0 Å². The largest absolute Gasteiger partial charge is 0.378 e. The molecule has 0 amide bonds. The van der Waals surface area contributed by atoms with Crippen molar-refractivity contribution in [3.8, 4) is 0 Å². The van der Waals surface area contributed by atoms with Crippen LogP contribution in [0.1, 0.15) is 37.7 Å². The molecule has 1 heterocycles. The van der Waals surface area contributed by atoms with E-state index in [1.165, 1.54) is 6.42 Å². The van der Waals surface area contributed by atoms with Gasteiger partial charge in [0.2, 0.25) is 0 Å². The molecule has 1 aliphatic carbocycles. The molecule has 0 atom stereocenters. The molecule has 6 heteroatoms. The lowest BCUT2D eigenvalue weighted by Crippen LogP contribution is -2.51. The van der Waals surface area contributed by atoms with Crippen molar-refractivity contribution in [2.24, 2.45) is 0 Å². The van der Waals surface area contributed by atoms with Gasteiger partial charge in [0, 0.05) is 33.3 Å². The number of benzene rings is 1. The fourth-order valence-corrected chi connectivity index (χ4v) is 5.13. The van der Waals surface area contributed by atoms with Crippen LogP contribution in [0.2, 0.25) is 0 Å². The quantitative estimate of drug-likeness (QED) is 0.800. The van der Waals surface area contributed by atoms with E-state index in [1.54, 1.807) is 15.7 Å². The Morgan fingerprint density at radius 3 is 2.39 bits per heavy atom.